The zero-order valence-electron chi connectivity index (χ0n) is 19.1. The van der Waals surface area contributed by atoms with E-state index >= 15 is 0 Å². The van der Waals surface area contributed by atoms with Crippen LogP contribution in [-0.4, -0.2) is 74.8 Å². The molecule has 0 fully saturated rings. The first kappa shape index (κ1) is 25.2. The van der Waals surface area contributed by atoms with Crippen LogP contribution in [0.4, 0.5) is 14.5 Å². The summed E-state index contributed by atoms with van der Waals surface area (Å²) in [4.78, 5) is 5.58. The van der Waals surface area contributed by atoms with Gasteiger partial charge in [0, 0.05) is 30.3 Å². The van der Waals surface area contributed by atoms with E-state index in [1.807, 2.05) is 0 Å². The summed E-state index contributed by atoms with van der Waals surface area (Å²) in [5.41, 5.74) is -0.745. The number of hydrogen-bond donors (Lipinski definition) is 4. The van der Waals surface area contributed by atoms with Crippen molar-refractivity contribution in [3.05, 3.63) is 78.1 Å². The fourth-order valence-electron chi connectivity index (χ4n) is 3.88. The molecular formula is C22H23F2N9O2S. The third kappa shape index (κ3) is 5.35. The third-order valence-electron chi connectivity index (χ3n) is 5.78. The smallest absolute Gasteiger partial charge is 0.173 e. The molecule has 0 aliphatic heterocycles. The van der Waals surface area contributed by atoms with Gasteiger partial charge in [0.25, 0.3) is 0 Å². The molecule has 0 aliphatic rings. The minimum atomic E-state index is -1.94. The molecule has 2 aromatic heterocycles. The summed E-state index contributed by atoms with van der Waals surface area (Å²) in [5, 5.41) is 42.4. The summed E-state index contributed by atoms with van der Waals surface area (Å²) in [7, 11) is 0. The molecule has 188 valence electrons. The molecule has 2 heterocycles. The first-order chi connectivity index (χ1) is 17.3. The van der Waals surface area contributed by atoms with Crippen LogP contribution in [0.1, 0.15) is 18.3 Å². The van der Waals surface area contributed by atoms with Crippen LogP contribution in [0.3, 0.4) is 0 Å². The molecule has 4 rings (SSSR count). The molecule has 0 aliphatic carbocycles. The number of nitrogens with zero attached hydrogens (tertiary/aromatic N) is 7. The van der Waals surface area contributed by atoms with Gasteiger partial charge in [-0.05, 0) is 59.9 Å². The van der Waals surface area contributed by atoms with E-state index in [9.17, 15) is 19.0 Å². The van der Waals surface area contributed by atoms with Crippen molar-refractivity contribution in [2.24, 2.45) is 0 Å². The van der Waals surface area contributed by atoms with E-state index in [1.54, 1.807) is 31.2 Å². The van der Waals surface area contributed by atoms with E-state index in [1.165, 1.54) is 28.3 Å². The molecule has 36 heavy (non-hydrogen) atoms. The van der Waals surface area contributed by atoms with E-state index in [2.05, 4.69) is 36.0 Å². The second-order valence-corrected chi connectivity index (χ2v) is 8.35. The lowest BCUT2D eigenvalue weighted by atomic mass is 9.82. The fraction of sp³-hybridized carbons (Fsp3) is 0.273. The third-order valence-corrected chi connectivity index (χ3v) is 6.12. The Hall–Kier alpha value is -3.88. The van der Waals surface area contributed by atoms with E-state index in [4.69, 9.17) is 12.2 Å². The highest BCUT2D eigenvalue weighted by molar-refractivity contribution is 7.80. The molecule has 4 aromatic rings. The van der Waals surface area contributed by atoms with Crippen LogP contribution in [0, 0.1) is 11.6 Å². The predicted octanol–water partition coefficient (Wildman–Crippen LogP) is 1.57. The van der Waals surface area contributed by atoms with Crippen molar-refractivity contribution in [3.8, 4) is 5.69 Å². The number of aromatic nitrogens is 7. The number of aliphatic hydroxyl groups excluding tert-OH is 1. The summed E-state index contributed by atoms with van der Waals surface area (Å²) in [6.45, 7) is 1.35. The zero-order valence-corrected chi connectivity index (χ0v) is 19.9. The Morgan fingerprint density at radius 2 is 2.03 bits per heavy atom. The second kappa shape index (κ2) is 10.8. The molecule has 0 bridgehead atoms. The molecule has 14 heteroatoms. The van der Waals surface area contributed by atoms with E-state index in [0.29, 0.717) is 11.8 Å². The summed E-state index contributed by atoms with van der Waals surface area (Å²) in [6.07, 6.45) is 2.59. The van der Waals surface area contributed by atoms with Gasteiger partial charge in [-0.2, -0.15) is 5.10 Å². The van der Waals surface area contributed by atoms with Crippen LogP contribution >= 0.6 is 12.2 Å². The van der Waals surface area contributed by atoms with Crippen LogP contribution in [-0.2, 0) is 12.0 Å². The van der Waals surface area contributed by atoms with Crippen LogP contribution in [0.2, 0.25) is 0 Å². The number of rotatable bonds is 9. The Kier molecular flexibility index (Phi) is 7.57. The van der Waals surface area contributed by atoms with Crippen molar-refractivity contribution in [1.29, 1.82) is 0 Å². The van der Waals surface area contributed by atoms with Gasteiger partial charge in [0.05, 0.1) is 18.3 Å². The maximum atomic E-state index is 14.9. The van der Waals surface area contributed by atoms with Crippen LogP contribution < -0.4 is 5.32 Å². The quantitative estimate of drug-likeness (QED) is 0.243. The molecule has 0 unspecified atom stereocenters. The Labute approximate surface area is 209 Å². The fourth-order valence-corrected chi connectivity index (χ4v) is 4.25. The average molecular weight is 516 g/mol. The van der Waals surface area contributed by atoms with Crippen molar-refractivity contribution in [1.82, 2.24) is 40.3 Å². The Morgan fingerprint density at radius 1 is 1.25 bits per heavy atom. The summed E-state index contributed by atoms with van der Waals surface area (Å²) in [5.74, 6) is -1.49. The van der Waals surface area contributed by atoms with E-state index in [-0.39, 0.29) is 36.1 Å². The van der Waals surface area contributed by atoms with Gasteiger partial charge in [0.1, 0.15) is 29.9 Å². The van der Waals surface area contributed by atoms with Crippen LogP contribution in [0.5, 0.6) is 0 Å². The number of anilines is 1. The molecule has 0 radical (unpaired) electrons. The second-order valence-electron chi connectivity index (χ2n) is 7.96. The molecule has 2 aromatic carbocycles. The lowest BCUT2D eigenvalue weighted by Crippen LogP contribution is -2.55. The van der Waals surface area contributed by atoms with Gasteiger partial charge in [-0.25, -0.2) is 18.4 Å². The first-order valence-electron chi connectivity index (χ1n) is 10.9. The molecule has 0 saturated carbocycles. The lowest BCUT2D eigenvalue weighted by molar-refractivity contribution is -0.0321. The molecule has 0 saturated heterocycles. The van der Waals surface area contributed by atoms with Gasteiger partial charge in [-0.1, -0.05) is 6.07 Å². The summed E-state index contributed by atoms with van der Waals surface area (Å²) >= 11 is 5.60. The number of hydrogen-bond acceptors (Lipinski definition) is 8. The number of aliphatic hydroxyl groups is 2. The number of aromatic amines is 1. The SMILES string of the molecule is C[C@@H](N(CCO)C(=S)Nc1ccc(-n2cnnn2)cc1)[C@@](O)(Cc1nc[nH]n1)c1ccc(F)cc1F. The number of benzene rings is 2. The largest absolute Gasteiger partial charge is 0.395 e. The van der Waals surface area contributed by atoms with Gasteiger partial charge in [0.2, 0.25) is 0 Å². The lowest BCUT2D eigenvalue weighted by Gasteiger charge is -2.42. The number of H-pyrrole nitrogens is 1. The molecule has 11 nitrogen and oxygen atoms in total. The van der Waals surface area contributed by atoms with E-state index < -0.39 is 23.3 Å². The van der Waals surface area contributed by atoms with Crippen molar-refractivity contribution in [2.75, 3.05) is 18.5 Å². The zero-order chi connectivity index (χ0) is 25.7. The normalized spacial score (nSPS) is 13.7. The van der Waals surface area contributed by atoms with Crippen molar-refractivity contribution >= 4 is 23.0 Å². The number of halogens is 2. The average Bonchev–Trinajstić information content (AvgIpc) is 3.57. The summed E-state index contributed by atoms with van der Waals surface area (Å²) < 4.78 is 30.0. The van der Waals surface area contributed by atoms with Crippen LogP contribution in [0.15, 0.2) is 55.1 Å². The van der Waals surface area contributed by atoms with Crippen molar-refractivity contribution in [3.63, 3.8) is 0 Å². The minimum Gasteiger partial charge on any atom is -0.395 e. The number of tetrazole rings is 1. The molecule has 2 atom stereocenters. The maximum absolute atomic E-state index is 14.9. The molecular weight excluding hydrogens is 492 g/mol. The van der Waals surface area contributed by atoms with Gasteiger partial charge < -0.3 is 20.4 Å². The monoisotopic (exact) mass is 515 g/mol. The number of thiocarbonyl (C=S) groups is 1. The first-order valence-corrected chi connectivity index (χ1v) is 11.3. The van der Waals surface area contributed by atoms with Crippen molar-refractivity contribution in [2.45, 2.75) is 25.0 Å². The number of nitrogens with one attached hydrogen (secondary N) is 2. The van der Waals surface area contributed by atoms with Crippen LogP contribution in [0.25, 0.3) is 5.69 Å². The Bertz CT molecular complexity index is 1290. The Balaban J connectivity index is 1.62. The topological polar surface area (TPSA) is 141 Å². The predicted molar refractivity (Wildman–Crippen MR) is 129 cm³/mol. The molecule has 0 amide bonds. The Morgan fingerprint density at radius 3 is 2.64 bits per heavy atom. The standard InChI is InChI=1S/C22H23F2N9O2S/c1-14(22(35,11-20-25-12-26-29-20)18-7-2-15(23)10-19(18)24)32(8-9-34)21(36)28-16-3-5-17(6-4-16)33-13-27-30-31-33/h2-7,10,12-14,34-35H,8-9,11H2,1H3,(H,28,36)(H,25,26,29)/t14-,22+/m1/s1. The maximum Gasteiger partial charge on any atom is 0.173 e. The van der Waals surface area contributed by atoms with Gasteiger partial charge in [-0.15, -0.1) is 5.10 Å². The van der Waals surface area contributed by atoms with Gasteiger partial charge in [0.15, 0.2) is 10.9 Å². The highest BCUT2D eigenvalue weighted by Crippen LogP contribution is 2.34. The summed E-state index contributed by atoms with van der Waals surface area (Å²) in [6, 6.07) is 9.10. The highest BCUT2D eigenvalue weighted by atomic mass is 32.1. The molecule has 4 N–H and O–H groups in total. The highest BCUT2D eigenvalue weighted by Gasteiger charge is 2.43. The van der Waals surface area contributed by atoms with Gasteiger partial charge >= 0.3 is 0 Å². The minimum absolute atomic E-state index is 0.0226. The van der Waals surface area contributed by atoms with Crippen molar-refractivity contribution < 1.29 is 19.0 Å². The van der Waals surface area contributed by atoms with Gasteiger partial charge in [-0.3, -0.25) is 5.10 Å². The molecule has 0 spiro atoms. The van der Waals surface area contributed by atoms with E-state index in [0.717, 1.165) is 11.8 Å².